The van der Waals surface area contributed by atoms with Gasteiger partial charge in [0.2, 0.25) is 0 Å². The van der Waals surface area contributed by atoms with Gasteiger partial charge in [0, 0.05) is 0 Å². The number of nitrogens with zero attached hydrogens (tertiary/aromatic N) is 2. The second kappa shape index (κ2) is 5.82. The summed E-state index contributed by atoms with van der Waals surface area (Å²) in [6, 6.07) is 4.01. The summed E-state index contributed by atoms with van der Waals surface area (Å²) in [6.07, 6.45) is -1.88. The molecule has 0 aliphatic carbocycles. The van der Waals surface area contributed by atoms with Crippen LogP contribution in [0.5, 0.6) is 0 Å². The van der Waals surface area contributed by atoms with Gasteiger partial charge < -0.3 is 20.1 Å². The van der Waals surface area contributed by atoms with E-state index in [1.807, 2.05) is 32.2 Å². The van der Waals surface area contributed by atoms with E-state index in [-0.39, 0.29) is 6.61 Å². The fraction of sp³-hybridized carbons (Fsp3) is 0.533. The maximum atomic E-state index is 10.3. The highest BCUT2D eigenvalue weighted by Gasteiger charge is 2.44. The Morgan fingerprint density at radius 3 is 2.50 bits per heavy atom. The van der Waals surface area contributed by atoms with Gasteiger partial charge >= 0.3 is 0 Å². The van der Waals surface area contributed by atoms with Crippen LogP contribution in [-0.4, -0.2) is 56.0 Å². The third-order valence-electron chi connectivity index (χ3n) is 4.23. The Hall–Kier alpha value is -1.12. The van der Waals surface area contributed by atoms with Crippen LogP contribution in [0.15, 0.2) is 17.3 Å². The predicted molar refractivity (Wildman–Crippen MR) is 84.0 cm³/mol. The fourth-order valence-corrected chi connectivity index (χ4v) is 3.40. The van der Waals surface area contributed by atoms with Gasteiger partial charge in [-0.3, -0.25) is 4.57 Å². The number of aliphatic hydroxyl groups is 3. The lowest BCUT2D eigenvalue weighted by molar-refractivity contribution is -0.0545. The summed E-state index contributed by atoms with van der Waals surface area (Å²) in [5.74, 6) is 0. The van der Waals surface area contributed by atoms with Crippen molar-refractivity contribution in [2.75, 3.05) is 12.9 Å². The molecular formula is C15H20N2O4S. The van der Waals surface area contributed by atoms with Gasteiger partial charge in [-0.15, -0.1) is 0 Å². The molecule has 2 heterocycles. The van der Waals surface area contributed by atoms with E-state index < -0.39 is 24.5 Å². The van der Waals surface area contributed by atoms with Crippen LogP contribution in [-0.2, 0) is 4.74 Å². The molecule has 3 N–H and O–H groups in total. The quantitative estimate of drug-likeness (QED) is 0.730. The van der Waals surface area contributed by atoms with Crippen molar-refractivity contribution in [1.82, 2.24) is 9.55 Å². The number of ether oxygens (including phenoxy) is 1. The molecule has 1 aliphatic rings. The maximum absolute atomic E-state index is 10.3. The van der Waals surface area contributed by atoms with Crippen LogP contribution in [0.3, 0.4) is 0 Å². The van der Waals surface area contributed by atoms with Crippen molar-refractivity contribution >= 4 is 22.8 Å². The summed E-state index contributed by atoms with van der Waals surface area (Å²) < 4.78 is 7.46. The molecule has 4 atom stereocenters. The predicted octanol–water partition coefficient (Wildman–Crippen LogP) is 0.987. The Morgan fingerprint density at radius 2 is 1.91 bits per heavy atom. The van der Waals surface area contributed by atoms with Crippen LogP contribution in [0.4, 0.5) is 0 Å². The van der Waals surface area contributed by atoms with Gasteiger partial charge in [0.05, 0.1) is 17.6 Å². The molecule has 0 amide bonds. The first kappa shape index (κ1) is 15.8. The summed E-state index contributed by atoms with van der Waals surface area (Å²) in [4.78, 5) is 4.58. The molecule has 1 fully saturated rings. The summed E-state index contributed by atoms with van der Waals surface area (Å²) in [5, 5.41) is 30.2. The average Bonchev–Trinajstić information content (AvgIpc) is 2.98. The van der Waals surface area contributed by atoms with E-state index in [0.717, 1.165) is 22.2 Å². The van der Waals surface area contributed by atoms with Gasteiger partial charge in [0.1, 0.15) is 18.3 Å². The minimum absolute atomic E-state index is 0.339. The van der Waals surface area contributed by atoms with Crippen molar-refractivity contribution in [2.24, 2.45) is 0 Å². The molecular weight excluding hydrogens is 304 g/mol. The van der Waals surface area contributed by atoms with Crippen molar-refractivity contribution in [3.63, 3.8) is 0 Å². The number of imidazole rings is 1. The Morgan fingerprint density at radius 1 is 1.23 bits per heavy atom. The van der Waals surface area contributed by atoms with Gasteiger partial charge in [-0.05, 0) is 43.4 Å². The zero-order valence-electron chi connectivity index (χ0n) is 12.7. The number of rotatable bonds is 3. The van der Waals surface area contributed by atoms with Crippen molar-refractivity contribution in [3.05, 3.63) is 23.3 Å². The summed E-state index contributed by atoms with van der Waals surface area (Å²) in [6.45, 7) is 3.70. The van der Waals surface area contributed by atoms with Crippen LogP contribution in [0.1, 0.15) is 17.4 Å². The van der Waals surface area contributed by atoms with E-state index in [4.69, 9.17) is 4.74 Å². The lowest BCUT2D eigenvalue weighted by Gasteiger charge is -2.19. The molecule has 120 valence electrons. The number of aliphatic hydroxyl groups excluding tert-OH is 3. The number of thioether (sulfide) groups is 1. The molecule has 2 aromatic rings. The molecule has 0 bridgehead atoms. The van der Waals surface area contributed by atoms with Gasteiger partial charge in [0.15, 0.2) is 11.4 Å². The fourth-order valence-electron chi connectivity index (χ4n) is 2.81. The lowest BCUT2D eigenvalue weighted by atomic mass is 10.1. The van der Waals surface area contributed by atoms with Crippen molar-refractivity contribution < 1.29 is 20.1 Å². The molecule has 0 unspecified atom stereocenters. The first-order valence-electron chi connectivity index (χ1n) is 7.13. The van der Waals surface area contributed by atoms with E-state index >= 15 is 0 Å². The van der Waals surface area contributed by atoms with Gasteiger partial charge in [-0.1, -0.05) is 11.8 Å². The first-order valence-corrected chi connectivity index (χ1v) is 8.36. The normalized spacial score (nSPS) is 28.6. The molecule has 1 saturated heterocycles. The second-order valence-corrected chi connectivity index (χ2v) is 6.40. The Balaban J connectivity index is 2.15. The maximum Gasteiger partial charge on any atom is 0.170 e. The highest BCUT2D eigenvalue weighted by atomic mass is 32.2. The number of benzene rings is 1. The SMILES string of the molecule is CSc1nc2cc(C)c(C)cc2n1[C@@H]1O[C@H](CO)[C@@H](O)[C@H]1O. The van der Waals surface area contributed by atoms with E-state index in [1.54, 1.807) is 4.57 Å². The monoisotopic (exact) mass is 324 g/mol. The second-order valence-electron chi connectivity index (χ2n) is 5.62. The van der Waals surface area contributed by atoms with Crippen molar-refractivity contribution in [3.8, 4) is 0 Å². The molecule has 22 heavy (non-hydrogen) atoms. The van der Waals surface area contributed by atoms with Gasteiger partial charge in [-0.25, -0.2) is 4.98 Å². The zero-order valence-corrected chi connectivity index (χ0v) is 13.5. The standard InChI is InChI=1S/C15H20N2O4S/c1-7-4-9-10(5-8(7)2)17(15(16-9)22-3)14-13(20)12(19)11(6-18)21-14/h4-5,11-14,18-20H,6H2,1-3H3/t11-,12-,13-,14-/m1/s1. The Bertz CT molecular complexity index is 702. The Labute approximate surface area is 132 Å². The summed E-state index contributed by atoms with van der Waals surface area (Å²) in [5.41, 5.74) is 3.94. The Kier molecular flexibility index (Phi) is 4.17. The highest BCUT2D eigenvalue weighted by Crippen LogP contribution is 2.36. The minimum atomic E-state index is -1.12. The molecule has 0 radical (unpaired) electrons. The smallest absolute Gasteiger partial charge is 0.170 e. The third-order valence-corrected chi connectivity index (χ3v) is 4.88. The molecule has 0 spiro atoms. The largest absolute Gasteiger partial charge is 0.394 e. The van der Waals surface area contributed by atoms with E-state index in [9.17, 15) is 15.3 Å². The van der Waals surface area contributed by atoms with Crippen LogP contribution in [0, 0.1) is 13.8 Å². The highest BCUT2D eigenvalue weighted by molar-refractivity contribution is 7.98. The van der Waals surface area contributed by atoms with E-state index in [0.29, 0.717) is 5.16 Å². The van der Waals surface area contributed by atoms with Gasteiger partial charge in [0.25, 0.3) is 0 Å². The van der Waals surface area contributed by atoms with Crippen LogP contribution in [0.25, 0.3) is 11.0 Å². The number of aryl methyl sites for hydroxylation is 2. The summed E-state index contributed by atoms with van der Waals surface area (Å²) in [7, 11) is 0. The topological polar surface area (TPSA) is 87.7 Å². The lowest BCUT2D eigenvalue weighted by Crippen LogP contribution is -2.33. The molecule has 1 aliphatic heterocycles. The zero-order chi connectivity index (χ0) is 16.0. The van der Waals surface area contributed by atoms with Crippen LogP contribution < -0.4 is 0 Å². The number of aromatic nitrogens is 2. The molecule has 7 heteroatoms. The summed E-state index contributed by atoms with van der Waals surface area (Å²) >= 11 is 1.45. The number of hydrogen-bond acceptors (Lipinski definition) is 6. The van der Waals surface area contributed by atoms with Crippen molar-refractivity contribution in [2.45, 2.75) is 43.5 Å². The minimum Gasteiger partial charge on any atom is -0.394 e. The molecule has 6 nitrogen and oxygen atoms in total. The van der Waals surface area contributed by atoms with Crippen molar-refractivity contribution in [1.29, 1.82) is 0 Å². The number of fused-ring (bicyclic) bond motifs is 1. The first-order chi connectivity index (χ1) is 10.5. The van der Waals surface area contributed by atoms with Gasteiger partial charge in [-0.2, -0.15) is 0 Å². The molecule has 1 aromatic carbocycles. The average molecular weight is 324 g/mol. The van der Waals surface area contributed by atoms with E-state index in [1.165, 1.54) is 11.8 Å². The molecule has 3 rings (SSSR count). The third kappa shape index (κ3) is 2.33. The van der Waals surface area contributed by atoms with E-state index in [2.05, 4.69) is 4.98 Å². The molecule has 1 aromatic heterocycles. The molecule has 0 saturated carbocycles. The van der Waals surface area contributed by atoms with Crippen LogP contribution >= 0.6 is 11.8 Å². The number of hydrogen-bond donors (Lipinski definition) is 3. The van der Waals surface area contributed by atoms with Crippen LogP contribution in [0.2, 0.25) is 0 Å².